The van der Waals surface area contributed by atoms with Crippen LogP contribution in [0.1, 0.15) is 27.8 Å². The summed E-state index contributed by atoms with van der Waals surface area (Å²) in [6.07, 6.45) is 0. The highest BCUT2D eigenvalue weighted by Gasteiger charge is 2.37. The van der Waals surface area contributed by atoms with Crippen LogP contribution < -0.4 is 16.4 Å². The van der Waals surface area contributed by atoms with Gasteiger partial charge in [0.05, 0.1) is 18.0 Å². The molecule has 0 aliphatic carbocycles. The van der Waals surface area contributed by atoms with Crippen LogP contribution in [-0.2, 0) is 5.54 Å². The molecule has 5 aromatic rings. The molecular weight excluding hydrogens is 499 g/mol. The van der Waals surface area contributed by atoms with Crippen molar-refractivity contribution >= 4 is 22.8 Å². The molecule has 200 valence electrons. The molecule has 5 rings (SSSR count). The van der Waals surface area contributed by atoms with E-state index >= 15 is 0 Å². The number of halogens is 1. The summed E-state index contributed by atoms with van der Waals surface area (Å²) in [6.45, 7) is 0.0670. The molecule has 40 heavy (non-hydrogen) atoms. The Morgan fingerprint density at radius 3 is 1.80 bits per heavy atom. The van der Waals surface area contributed by atoms with Crippen LogP contribution in [0.25, 0.3) is 0 Å². The molecule has 0 saturated heterocycles. The van der Waals surface area contributed by atoms with Gasteiger partial charge in [0.15, 0.2) is 0 Å². The van der Waals surface area contributed by atoms with Gasteiger partial charge in [0.1, 0.15) is 11.4 Å². The maximum atomic E-state index is 14.4. The maximum absolute atomic E-state index is 14.4. The zero-order chi connectivity index (χ0) is 28.0. The fourth-order valence-electron chi connectivity index (χ4n) is 5.02. The third-order valence-corrected chi connectivity index (χ3v) is 6.94. The zero-order valence-electron chi connectivity index (χ0n) is 21.9. The molecule has 0 fully saturated rings. The van der Waals surface area contributed by atoms with Gasteiger partial charge in [-0.05, 0) is 53.1 Å². The van der Waals surface area contributed by atoms with Gasteiger partial charge in [-0.2, -0.15) is 0 Å². The van der Waals surface area contributed by atoms with Crippen LogP contribution in [0.5, 0.6) is 0 Å². The molecular formula is C34H31FN4O. The van der Waals surface area contributed by atoms with Crippen molar-refractivity contribution in [2.24, 2.45) is 0 Å². The van der Waals surface area contributed by atoms with E-state index in [0.29, 0.717) is 22.5 Å². The number of nitrogens with two attached hydrogens (primary N) is 1. The summed E-state index contributed by atoms with van der Waals surface area (Å²) in [5.74, 6) is -0.452. The first kappa shape index (κ1) is 26.7. The molecule has 0 atom stereocenters. The first-order chi connectivity index (χ1) is 19.5. The molecule has 0 saturated carbocycles. The average Bonchev–Trinajstić information content (AvgIpc) is 3.01. The highest BCUT2D eigenvalue weighted by atomic mass is 19.1. The summed E-state index contributed by atoms with van der Waals surface area (Å²) in [5, 5.41) is 25.1. The van der Waals surface area contributed by atoms with Crippen LogP contribution in [0.4, 0.5) is 21.5 Å². The largest absolute Gasteiger partial charge is 0.399 e. The predicted octanol–water partition coefficient (Wildman–Crippen LogP) is 6.63. The topological polar surface area (TPSA) is 94.2 Å². The first-order valence-electron chi connectivity index (χ1n) is 13.1. The molecule has 0 spiro atoms. The number of aliphatic hydroxyl groups excluding tert-OH is 1. The second kappa shape index (κ2) is 11.8. The molecule has 5 nitrogen and oxygen atoms in total. The number of hydrogen-bond acceptors (Lipinski definition) is 5. The lowest BCUT2D eigenvalue weighted by Gasteiger charge is -2.38. The summed E-state index contributed by atoms with van der Waals surface area (Å²) in [6, 6.07) is 40.6. The normalized spacial score (nSPS) is 11.2. The molecule has 5 aromatic carbocycles. The summed E-state index contributed by atoms with van der Waals surface area (Å²) in [4.78, 5) is 0. The summed E-state index contributed by atoms with van der Waals surface area (Å²) in [7, 11) is 0. The number of aliphatic hydroxyl groups is 1. The number of rotatable bonds is 10. The van der Waals surface area contributed by atoms with Gasteiger partial charge in [0, 0.05) is 29.0 Å². The minimum atomic E-state index is -0.800. The SMILES string of the molecule is N=C(c1ccc(F)c(NCCO)c1)c1cc(N)ccc1NC(c1ccccc1)(c1ccccc1)c1ccccc1. The van der Waals surface area contributed by atoms with Crippen molar-refractivity contribution < 1.29 is 9.50 Å². The van der Waals surface area contributed by atoms with E-state index in [4.69, 9.17) is 5.73 Å². The van der Waals surface area contributed by atoms with Crippen molar-refractivity contribution in [2.45, 2.75) is 5.54 Å². The van der Waals surface area contributed by atoms with Crippen LogP contribution in [0.3, 0.4) is 0 Å². The van der Waals surface area contributed by atoms with Gasteiger partial charge >= 0.3 is 0 Å². The molecule has 0 bridgehead atoms. The van der Waals surface area contributed by atoms with Crippen LogP contribution in [0, 0.1) is 11.2 Å². The molecule has 0 unspecified atom stereocenters. The van der Waals surface area contributed by atoms with E-state index in [1.54, 1.807) is 18.2 Å². The van der Waals surface area contributed by atoms with Crippen LogP contribution in [0.15, 0.2) is 127 Å². The number of hydrogen-bond donors (Lipinski definition) is 5. The van der Waals surface area contributed by atoms with Crippen molar-refractivity contribution in [3.63, 3.8) is 0 Å². The Labute approximate surface area is 233 Å². The minimum Gasteiger partial charge on any atom is -0.399 e. The standard InChI is InChI=1S/C34H31FN4O/c35-30-18-16-24(22-32(30)38-20-21-40)33(37)29-23-28(36)17-19-31(29)39-34(25-10-4-1-5-11-25,26-12-6-2-7-13-26)27-14-8-3-9-15-27/h1-19,22-23,37-40H,20-21,36H2. The second-order valence-electron chi connectivity index (χ2n) is 9.50. The van der Waals surface area contributed by atoms with Crippen LogP contribution >= 0.6 is 0 Å². The van der Waals surface area contributed by atoms with E-state index in [9.17, 15) is 14.9 Å². The molecule has 6 heteroatoms. The predicted molar refractivity (Wildman–Crippen MR) is 162 cm³/mol. The van der Waals surface area contributed by atoms with Gasteiger partial charge in [-0.25, -0.2) is 4.39 Å². The lowest BCUT2D eigenvalue weighted by Crippen LogP contribution is -2.38. The number of anilines is 3. The Bertz CT molecular complexity index is 1490. The van der Waals surface area contributed by atoms with Gasteiger partial charge in [-0.3, -0.25) is 5.41 Å². The van der Waals surface area contributed by atoms with E-state index in [1.165, 1.54) is 6.07 Å². The molecule has 0 aliphatic heterocycles. The van der Waals surface area contributed by atoms with Crippen molar-refractivity contribution in [3.05, 3.63) is 161 Å². The lowest BCUT2D eigenvalue weighted by molar-refractivity contribution is 0.311. The van der Waals surface area contributed by atoms with Gasteiger partial charge in [0.25, 0.3) is 0 Å². The van der Waals surface area contributed by atoms with E-state index in [1.807, 2.05) is 66.7 Å². The molecule has 0 aromatic heterocycles. The Morgan fingerprint density at radius 1 is 0.725 bits per heavy atom. The fourth-order valence-corrected chi connectivity index (χ4v) is 5.02. The van der Waals surface area contributed by atoms with Crippen molar-refractivity contribution in [2.75, 3.05) is 29.5 Å². The van der Waals surface area contributed by atoms with E-state index in [0.717, 1.165) is 16.7 Å². The van der Waals surface area contributed by atoms with E-state index in [2.05, 4.69) is 47.0 Å². The van der Waals surface area contributed by atoms with Gasteiger partial charge < -0.3 is 21.5 Å². The van der Waals surface area contributed by atoms with Crippen LogP contribution in [0.2, 0.25) is 0 Å². The Hall–Kier alpha value is -4.94. The number of nitrogens with one attached hydrogen (secondary N) is 3. The zero-order valence-corrected chi connectivity index (χ0v) is 21.9. The van der Waals surface area contributed by atoms with Crippen molar-refractivity contribution in [3.8, 4) is 0 Å². The third kappa shape index (κ3) is 5.30. The second-order valence-corrected chi connectivity index (χ2v) is 9.50. The molecule has 0 radical (unpaired) electrons. The Kier molecular flexibility index (Phi) is 7.89. The fraction of sp³-hybridized carbons (Fsp3) is 0.0882. The van der Waals surface area contributed by atoms with Crippen molar-refractivity contribution in [1.29, 1.82) is 5.41 Å². The van der Waals surface area contributed by atoms with E-state index < -0.39 is 11.4 Å². The monoisotopic (exact) mass is 530 g/mol. The molecule has 0 amide bonds. The highest BCUT2D eigenvalue weighted by Crippen LogP contribution is 2.41. The van der Waals surface area contributed by atoms with Gasteiger partial charge in [-0.15, -0.1) is 0 Å². The van der Waals surface area contributed by atoms with E-state index in [-0.39, 0.29) is 24.6 Å². The smallest absolute Gasteiger partial charge is 0.146 e. The highest BCUT2D eigenvalue weighted by molar-refractivity contribution is 6.15. The number of benzene rings is 5. The molecule has 0 heterocycles. The quantitative estimate of drug-likeness (QED) is 0.0796. The summed E-state index contributed by atoms with van der Waals surface area (Å²) < 4.78 is 14.4. The van der Waals surface area contributed by atoms with Gasteiger partial charge in [0.2, 0.25) is 0 Å². The molecule has 0 aliphatic rings. The first-order valence-corrected chi connectivity index (χ1v) is 13.1. The third-order valence-electron chi connectivity index (χ3n) is 6.94. The lowest BCUT2D eigenvalue weighted by atomic mass is 9.76. The average molecular weight is 531 g/mol. The number of nitrogen functional groups attached to an aromatic ring is 1. The Morgan fingerprint density at radius 2 is 1.27 bits per heavy atom. The van der Waals surface area contributed by atoms with Crippen molar-refractivity contribution in [1.82, 2.24) is 0 Å². The Balaban J connectivity index is 1.69. The summed E-state index contributed by atoms with van der Waals surface area (Å²) in [5.41, 5.74) is 11.2. The van der Waals surface area contributed by atoms with Crippen LogP contribution in [-0.4, -0.2) is 24.0 Å². The molecule has 6 N–H and O–H groups in total. The maximum Gasteiger partial charge on any atom is 0.146 e. The minimum absolute atomic E-state index is 0.134. The summed E-state index contributed by atoms with van der Waals surface area (Å²) >= 11 is 0. The van der Waals surface area contributed by atoms with Gasteiger partial charge in [-0.1, -0.05) is 91.0 Å².